The maximum absolute atomic E-state index is 12.0. The van der Waals surface area contributed by atoms with Gasteiger partial charge in [0.25, 0.3) is 20.2 Å². The molecule has 1 heterocycles. The fourth-order valence-corrected chi connectivity index (χ4v) is 4.72. The normalized spacial score (nSPS) is 12.3. The molecule has 192 valence electrons. The van der Waals surface area contributed by atoms with E-state index >= 15 is 0 Å². The van der Waals surface area contributed by atoms with E-state index in [1.165, 1.54) is 24.3 Å². The number of nitrogens with zero attached hydrogens (tertiary/aromatic N) is 5. The Bertz CT molecular complexity index is 1800. The molecule has 18 heteroatoms. The van der Waals surface area contributed by atoms with E-state index in [0.717, 1.165) is 18.2 Å². The van der Waals surface area contributed by atoms with Crippen LogP contribution >= 0.6 is 23.2 Å². The molecule has 1 aromatic heterocycles. The largest absolute Gasteiger partial charge is 0.507 e. The highest BCUT2D eigenvalue weighted by Gasteiger charge is 2.19. The number of benzene rings is 3. The van der Waals surface area contributed by atoms with Gasteiger partial charge in [-0.1, -0.05) is 6.07 Å². The summed E-state index contributed by atoms with van der Waals surface area (Å²) < 4.78 is 66.0. The van der Waals surface area contributed by atoms with Crippen molar-refractivity contribution < 1.29 is 31.0 Å². The second kappa shape index (κ2) is 9.66. The van der Waals surface area contributed by atoms with E-state index in [1.807, 2.05) is 0 Å². The van der Waals surface area contributed by atoms with Crippen LogP contribution in [0, 0.1) is 0 Å². The fourth-order valence-electron chi connectivity index (χ4n) is 3.17. The van der Waals surface area contributed by atoms with Crippen LogP contribution in [0.2, 0.25) is 10.6 Å². The minimum atomic E-state index is -4.83. The summed E-state index contributed by atoms with van der Waals surface area (Å²) in [6.07, 6.45) is 0. The van der Waals surface area contributed by atoms with Gasteiger partial charge in [0.2, 0.25) is 16.5 Å². The lowest BCUT2D eigenvalue weighted by Crippen LogP contribution is -2.02. The van der Waals surface area contributed by atoms with Gasteiger partial charge in [-0.25, -0.2) is 0 Å². The summed E-state index contributed by atoms with van der Waals surface area (Å²) in [7, 11) is -9.45. The Morgan fingerprint density at radius 3 is 2.16 bits per heavy atom. The first-order valence-electron chi connectivity index (χ1n) is 9.62. The number of nitrogen functional groups attached to an aromatic ring is 1. The molecule has 4 rings (SSSR count). The molecule has 14 nitrogen and oxygen atoms in total. The number of fused-ring (bicyclic) bond motifs is 1. The molecule has 0 saturated heterocycles. The van der Waals surface area contributed by atoms with Crippen molar-refractivity contribution >= 4 is 82.9 Å². The number of rotatable bonds is 6. The Hall–Kier alpha value is -3.67. The molecule has 0 aliphatic rings. The maximum atomic E-state index is 12.0. The van der Waals surface area contributed by atoms with Crippen molar-refractivity contribution in [3.05, 3.63) is 53.0 Å². The predicted molar refractivity (Wildman–Crippen MR) is 133 cm³/mol. The highest BCUT2D eigenvalue weighted by molar-refractivity contribution is 7.86. The van der Waals surface area contributed by atoms with Crippen LogP contribution in [-0.4, -0.2) is 46.0 Å². The van der Waals surface area contributed by atoms with Crippen molar-refractivity contribution in [1.82, 2.24) is 15.0 Å². The summed E-state index contributed by atoms with van der Waals surface area (Å²) >= 11 is 11.4. The standard InChI is InChI=1S/C19H13Cl2N7O7S2/c20-17-24-18(21)26-19(25-17)23-9-2-4-12(14(6-9)37(33,34)35)27-28-16-11(22)3-1-8-5-10(36(30,31)32)7-13(29)15(8)16/h1-7,29H,22H2,(H,30,31,32)(H,33,34,35)(H,23,24,25,26). The van der Waals surface area contributed by atoms with Crippen molar-refractivity contribution in [1.29, 1.82) is 0 Å². The zero-order valence-corrected chi connectivity index (χ0v) is 21.0. The molecule has 37 heavy (non-hydrogen) atoms. The summed E-state index contributed by atoms with van der Waals surface area (Å²) in [5, 5.41) is 20.5. The minimum absolute atomic E-state index is 0.00133. The van der Waals surface area contributed by atoms with Crippen molar-refractivity contribution in [3.8, 4) is 5.75 Å². The predicted octanol–water partition coefficient (Wildman–Crippen LogP) is 4.27. The van der Waals surface area contributed by atoms with E-state index in [-0.39, 0.29) is 50.0 Å². The number of nitrogens with two attached hydrogens (primary N) is 1. The van der Waals surface area contributed by atoms with Gasteiger partial charge in [-0.2, -0.15) is 31.8 Å². The van der Waals surface area contributed by atoms with Crippen LogP contribution in [0.15, 0.2) is 62.5 Å². The van der Waals surface area contributed by atoms with Crippen LogP contribution in [0.25, 0.3) is 10.8 Å². The molecule has 0 fully saturated rings. The van der Waals surface area contributed by atoms with Crippen LogP contribution < -0.4 is 11.1 Å². The van der Waals surface area contributed by atoms with Gasteiger partial charge in [-0.05, 0) is 58.9 Å². The first-order chi connectivity index (χ1) is 17.2. The number of azo groups is 1. The van der Waals surface area contributed by atoms with Crippen molar-refractivity contribution in [2.75, 3.05) is 11.1 Å². The molecule has 4 aromatic rings. The monoisotopic (exact) mass is 585 g/mol. The zero-order valence-electron chi connectivity index (χ0n) is 17.9. The molecule has 0 bridgehead atoms. The molecule has 0 unspecified atom stereocenters. The maximum Gasteiger partial charge on any atom is 0.296 e. The number of hydrogen-bond donors (Lipinski definition) is 5. The molecule has 0 aliphatic carbocycles. The SMILES string of the molecule is Nc1ccc2cc(S(=O)(=O)O)cc(O)c2c1N=Nc1ccc(Nc2nc(Cl)nc(Cl)n2)cc1S(=O)(=O)O. The number of hydrogen-bond acceptors (Lipinski definition) is 12. The average Bonchev–Trinajstić information content (AvgIpc) is 2.77. The van der Waals surface area contributed by atoms with Gasteiger partial charge < -0.3 is 16.2 Å². The number of halogens is 2. The van der Waals surface area contributed by atoms with Crippen molar-refractivity contribution in [2.45, 2.75) is 9.79 Å². The molecule has 0 saturated carbocycles. The van der Waals surface area contributed by atoms with E-state index < -0.39 is 35.8 Å². The molecule has 0 amide bonds. The molecular weight excluding hydrogens is 573 g/mol. The van der Waals surface area contributed by atoms with Gasteiger partial charge in [0.15, 0.2) is 0 Å². The quantitative estimate of drug-likeness (QED) is 0.121. The first kappa shape index (κ1) is 26.4. The molecule has 0 radical (unpaired) electrons. The van der Waals surface area contributed by atoms with Gasteiger partial charge in [0.1, 0.15) is 22.0 Å². The highest BCUT2D eigenvalue weighted by atomic mass is 35.5. The average molecular weight is 586 g/mol. The van der Waals surface area contributed by atoms with Crippen LogP contribution in [0.5, 0.6) is 5.75 Å². The lowest BCUT2D eigenvalue weighted by molar-refractivity contribution is 0.471. The van der Waals surface area contributed by atoms with E-state index in [2.05, 4.69) is 30.5 Å². The topological polar surface area (TPSA) is 230 Å². The molecular formula is C19H13Cl2N7O7S2. The van der Waals surface area contributed by atoms with Crippen molar-refractivity contribution in [2.24, 2.45) is 10.2 Å². The Morgan fingerprint density at radius 2 is 1.54 bits per heavy atom. The minimum Gasteiger partial charge on any atom is -0.507 e. The molecule has 0 spiro atoms. The third-order valence-corrected chi connectivity index (χ3v) is 6.76. The van der Waals surface area contributed by atoms with Gasteiger partial charge in [-0.3, -0.25) is 9.11 Å². The summed E-state index contributed by atoms with van der Waals surface area (Å²) in [6, 6.07) is 8.14. The molecule has 6 N–H and O–H groups in total. The Labute approximate surface area is 218 Å². The van der Waals surface area contributed by atoms with Crippen LogP contribution in [0.3, 0.4) is 0 Å². The summed E-state index contributed by atoms with van der Waals surface area (Å²) in [5.41, 5.74) is 5.61. The van der Waals surface area contributed by atoms with E-state index in [1.54, 1.807) is 0 Å². The van der Waals surface area contributed by atoms with Crippen LogP contribution in [0.4, 0.5) is 28.7 Å². The van der Waals surface area contributed by atoms with E-state index in [0.29, 0.717) is 0 Å². The van der Waals surface area contributed by atoms with E-state index in [9.17, 15) is 31.0 Å². The summed E-state index contributed by atoms with van der Waals surface area (Å²) in [5.74, 6) is -0.695. The lowest BCUT2D eigenvalue weighted by atomic mass is 10.1. The highest BCUT2D eigenvalue weighted by Crippen LogP contribution is 2.41. The zero-order chi connectivity index (χ0) is 27.1. The molecule has 3 aromatic carbocycles. The van der Waals surface area contributed by atoms with Gasteiger partial charge >= 0.3 is 0 Å². The second-order valence-corrected chi connectivity index (χ2v) is 10.7. The van der Waals surface area contributed by atoms with Crippen molar-refractivity contribution in [3.63, 3.8) is 0 Å². The number of anilines is 3. The smallest absolute Gasteiger partial charge is 0.296 e. The van der Waals surface area contributed by atoms with E-state index in [4.69, 9.17) is 28.9 Å². The molecule has 0 atom stereocenters. The van der Waals surface area contributed by atoms with Gasteiger partial charge in [0.05, 0.1) is 16.0 Å². The third kappa shape index (κ3) is 5.85. The summed E-state index contributed by atoms with van der Waals surface area (Å²) in [6.45, 7) is 0. The number of phenols is 1. The number of nitrogens with one attached hydrogen (secondary N) is 1. The Morgan fingerprint density at radius 1 is 0.865 bits per heavy atom. The van der Waals surface area contributed by atoms with Gasteiger partial charge in [-0.15, -0.1) is 10.2 Å². The van der Waals surface area contributed by atoms with Crippen LogP contribution in [-0.2, 0) is 20.2 Å². The third-order valence-electron chi connectivity index (χ3n) is 4.70. The summed E-state index contributed by atoms with van der Waals surface area (Å²) in [4.78, 5) is 9.94. The number of phenolic OH excluding ortho intramolecular Hbond substituents is 1. The van der Waals surface area contributed by atoms with Gasteiger partial charge in [0, 0.05) is 11.8 Å². The first-order valence-corrected chi connectivity index (χ1v) is 13.3. The Kier molecular flexibility index (Phi) is 6.89. The van der Waals surface area contributed by atoms with Crippen LogP contribution in [0.1, 0.15) is 0 Å². The second-order valence-electron chi connectivity index (χ2n) is 7.20. The molecule has 0 aliphatic heterocycles. The number of aromatic nitrogens is 3. The Balaban J connectivity index is 1.79. The number of aromatic hydroxyl groups is 1. The fraction of sp³-hybridized carbons (Fsp3) is 0. The lowest BCUT2D eigenvalue weighted by Gasteiger charge is -2.10.